The van der Waals surface area contributed by atoms with E-state index in [9.17, 15) is 4.79 Å². The molecule has 0 radical (unpaired) electrons. The van der Waals surface area contributed by atoms with Crippen LogP contribution in [0.2, 0.25) is 0 Å². The van der Waals surface area contributed by atoms with Crippen molar-refractivity contribution in [2.75, 3.05) is 13.1 Å². The van der Waals surface area contributed by atoms with E-state index >= 15 is 0 Å². The molecule has 6 nitrogen and oxygen atoms in total. The Balaban J connectivity index is 1.29. The van der Waals surface area contributed by atoms with Crippen LogP contribution in [-0.4, -0.2) is 38.7 Å². The first-order valence-corrected chi connectivity index (χ1v) is 11.6. The largest absolute Gasteiger partial charge is 0.350 e. The standard InChI is InChI=1S/C22H27N5OS2/c1-16-8-10-26(11-9-16)14-18-6-4-17(5-7-18)13-23-20(28)15-27-21(24-25-22(27)29)19-3-2-12-30-19/h2-7,12,16H,8-11,13-15H2,1H3,(H,23,28)(H,25,29). The summed E-state index contributed by atoms with van der Waals surface area (Å²) in [6.07, 6.45) is 2.58. The van der Waals surface area contributed by atoms with Crippen molar-refractivity contribution in [2.24, 2.45) is 5.92 Å². The zero-order valence-corrected chi connectivity index (χ0v) is 18.8. The van der Waals surface area contributed by atoms with Gasteiger partial charge in [-0.25, -0.2) is 0 Å². The summed E-state index contributed by atoms with van der Waals surface area (Å²) in [4.78, 5) is 16.0. The molecule has 0 unspecified atom stereocenters. The highest BCUT2D eigenvalue weighted by molar-refractivity contribution is 7.71. The molecule has 158 valence electrons. The van der Waals surface area contributed by atoms with Gasteiger partial charge < -0.3 is 5.32 Å². The van der Waals surface area contributed by atoms with E-state index in [0.29, 0.717) is 17.1 Å². The van der Waals surface area contributed by atoms with Crippen LogP contribution >= 0.6 is 23.6 Å². The van der Waals surface area contributed by atoms with Gasteiger partial charge in [0.2, 0.25) is 5.91 Å². The molecule has 1 aliphatic heterocycles. The van der Waals surface area contributed by atoms with Crippen molar-refractivity contribution in [1.82, 2.24) is 25.0 Å². The molecule has 1 saturated heterocycles. The molecule has 1 amide bonds. The average molecular weight is 442 g/mol. The Morgan fingerprint density at radius 3 is 2.67 bits per heavy atom. The van der Waals surface area contributed by atoms with E-state index in [1.54, 1.807) is 15.9 Å². The lowest BCUT2D eigenvalue weighted by atomic mass is 9.99. The number of amides is 1. The van der Waals surface area contributed by atoms with Crippen molar-refractivity contribution < 1.29 is 4.79 Å². The Hall–Kier alpha value is -2.29. The molecule has 0 bridgehead atoms. The zero-order chi connectivity index (χ0) is 20.9. The predicted octanol–water partition coefficient (Wildman–Crippen LogP) is 4.22. The molecule has 0 saturated carbocycles. The quantitative estimate of drug-likeness (QED) is 0.539. The summed E-state index contributed by atoms with van der Waals surface area (Å²) < 4.78 is 2.18. The third kappa shape index (κ3) is 5.24. The molecule has 2 N–H and O–H groups in total. The smallest absolute Gasteiger partial charge is 0.240 e. The highest BCUT2D eigenvalue weighted by Gasteiger charge is 2.16. The minimum absolute atomic E-state index is 0.0863. The second kappa shape index (κ2) is 9.68. The minimum atomic E-state index is -0.0863. The number of nitrogens with zero attached hydrogens (tertiary/aromatic N) is 3. The molecule has 0 spiro atoms. The monoisotopic (exact) mass is 441 g/mol. The van der Waals surface area contributed by atoms with Gasteiger partial charge in [-0.05, 0) is 66.6 Å². The number of carbonyl (C=O) groups is 1. The normalized spacial score (nSPS) is 15.4. The van der Waals surface area contributed by atoms with Gasteiger partial charge in [-0.1, -0.05) is 37.3 Å². The van der Waals surface area contributed by atoms with E-state index in [2.05, 4.69) is 51.6 Å². The van der Waals surface area contributed by atoms with Gasteiger partial charge in [-0.2, -0.15) is 5.10 Å². The Bertz CT molecular complexity index is 1010. The van der Waals surface area contributed by atoms with Gasteiger partial charge in [0.1, 0.15) is 6.54 Å². The number of hydrogen-bond donors (Lipinski definition) is 2. The molecule has 1 aliphatic rings. The third-order valence-corrected chi connectivity index (χ3v) is 6.77. The maximum Gasteiger partial charge on any atom is 0.240 e. The molecule has 3 heterocycles. The highest BCUT2D eigenvalue weighted by Crippen LogP contribution is 2.22. The highest BCUT2D eigenvalue weighted by atomic mass is 32.1. The number of benzene rings is 1. The molecule has 4 rings (SSSR count). The lowest BCUT2D eigenvalue weighted by Gasteiger charge is -2.30. The maximum atomic E-state index is 12.5. The van der Waals surface area contributed by atoms with Crippen LogP contribution in [0.1, 0.15) is 30.9 Å². The van der Waals surface area contributed by atoms with E-state index in [4.69, 9.17) is 12.2 Å². The summed E-state index contributed by atoms with van der Waals surface area (Å²) in [5.74, 6) is 1.46. The number of hydrogen-bond acceptors (Lipinski definition) is 5. The number of rotatable bonds is 7. The van der Waals surface area contributed by atoms with Gasteiger partial charge >= 0.3 is 0 Å². The molecule has 1 fully saturated rings. The summed E-state index contributed by atoms with van der Waals surface area (Å²) in [6, 6.07) is 12.5. The number of aromatic nitrogens is 3. The molecule has 30 heavy (non-hydrogen) atoms. The first-order chi connectivity index (χ1) is 14.6. The van der Waals surface area contributed by atoms with Crippen LogP contribution in [0.15, 0.2) is 41.8 Å². The Morgan fingerprint density at radius 1 is 1.23 bits per heavy atom. The van der Waals surface area contributed by atoms with Crippen LogP contribution in [0.4, 0.5) is 0 Å². The van der Waals surface area contributed by atoms with Gasteiger partial charge in [0, 0.05) is 13.1 Å². The lowest BCUT2D eigenvalue weighted by Crippen LogP contribution is -2.32. The van der Waals surface area contributed by atoms with Crippen molar-refractivity contribution in [1.29, 1.82) is 0 Å². The van der Waals surface area contributed by atoms with Crippen molar-refractivity contribution in [3.05, 3.63) is 57.7 Å². The summed E-state index contributed by atoms with van der Waals surface area (Å²) in [7, 11) is 0. The first kappa shape index (κ1) is 21.0. The average Bonchev–Trinajstić information content (AvgIpc) is 3.40. The van der Waals surface area contributed by atoms with Crippen LogP contribution in [0.3, 0.4) is 0 Å². The van der Waals surface area contributed by atoms with E-state index < -0.39 is 0 Å². The Morgan fingerprint density at radius 2 is 1.97 bits per heavy atom. The van der Waals surface area contributed by atoms with Crippen LogP contribution in [0, 0.1) is 10.7 Å². The second-order valence-corrected chi connectivity index (χ2v) is 9.30. The Labute approximate surface area is 185 Å². The number of aromatic amines is 1. The topological polar surface area (TPSA) is 66.0 Å². The maximum absolute atomic E-state index is 12.5. The fourth-order valence-electron chi connectivity index (χ4n) is 3.70. The van der Waals surface area contributed by atoms with Crippen molar-refractivity contribution in [3.8, 4) is 10.7 Å². The SMILES string of the molecule is CC1CCN(Cc2ccc(CNC(=O)Cn3c(-c4cccs4)n[nH]c3=S)cc2)CC1. The van der Waals surface area contributed by atoms with Gasteiger partial charge in [0.25, 0.3) is 0 Å². The summed E-state index contributed by atoms with van der Waals surface area (Å²) in [6.45, 7) is 6.35. The number of H-pyrrole nitrogens is 1. The van der Waals surface area contributed by atoms with Gasteiger partial charge in [-0.15, -0.1) is 11.3 Å². The molecule has 0 aliphatic carbocycles. The van der Waals surface area contributed by atoms with Crippen LogP contribution in [0.25, 0.3) is 10.7 Å². The second-order valence-electron chi connectivity index (χ2n) is 7.97. The zero-order valence-electron chi connectivity index (χ0n) is 17.1. The number of nitrogens with one attached hydrogen (secondary N) is 2. The predicted molar refractivity (Wildman–Crippen MR) is 123 cm³/mol. The van der Waals surface area contributed by atoms with Gasteiger partial charge in [0.05, 0.1) is 4.88 Å². The molecule has 2 aromatic heterocycles. The van der Waals surface area contributed by atoms with E-state index in [1.807, 2.05) is 17.5 Å². The fourth-order valence-corrected chi connectivity index (χ4v) is 4.62. The lowest BCUT2D eigenvalue weighted by molar-refractivity contribution is -0.121. The number of thiophene rings is 1. The van der Waals surface area contributed by atoms with Gasteiger partial charge in [0.15, 0.2) is 10.6 Å². The van der Waals surface area contributed by atoms with Gasteiger partial charge in [-0.3, -0.25) is 19.4 Å². The Kier molecular flexibility index (Phi) is 6.76. The molecule has 0 atom stereocenters. The van der Waals surface area contributed by atoms with Crippen molar-refractivity contribution in [3.63, 3.8) is 0 Å². The number of likely N-dealkylation sites (tertiary alicyclic amines) is 1. The third-order valence-electron chi connectivity index (χ3n) is 5.60. The number of piperidine rings is 1. The summed E-state index contributed by atoms with van der Waals surface area (Å²) in [5.41, 5.74) is 2.42. The fraction of sp³-hybridized carbons (Fsp3) is 0.409. The van der Waals surface area contributed by atoms with Crippen molar-refractivity contribution >= 4 is 29.5 Å². The molecule has 8 heteroatoms. The first-order valence-electron chi connectivity index (χ1n) is 10.3. The number of carbonyl (C=O) groups excluding carboxylic acids is 1. The van der Waals surface area contributed by atoms with E-state index in [1.165, 1.54) is 31.5 Å². The molecular weight excluding hydrogens is 414 g/mol. The van der Waals surface area contributed by atoms with Crippen LogP contribution in [0.5, 0.6) is 0 Å². The molecule has 3 aromatic rings. The minimum Gasteiger partial charge on any atom is -0.350 e. The van der Waals surface area contributed by atoms with E-state index in [-0.39, 0.29) is 12.5 Å². The van der Waals surface area contributed by atoms with Crippen LogP contribution in [-0.2, 0) is 24.4 Å². The summed E-state index contributed by atoms with van der Waals surface area (Å²) >= 11 is 6.87. The molecule has 1 aromatic carbocycles. The van der Waals surface area contributed by atoms with Crippen molar-refractivity contribution in [2.45, 2.75) is 39.4 Å². The van der Waals surface area contributed by atoms with Crippen LogP contribution < -0.4 is 5.32 Å². The van der Waals surface area contributed by atoms with E-state index in [0.717, 1.165) is 22.9 Å². The molecular formula is C22H27N5OS2. The summed E-state index contributed by atoms with van der Waals surface area (Å²) in [5, 5.41) is 12.0.